The molecule has 24 heavy (non-hydrogen) atoms. The Kier molecular flexibility index (Phi) is 4.41. The van der Waals surface area contributed by atoms with Gasteiger partial charge in [0.2, 0.25) is 0 Å². The molecule has 0 fully saturated rings. The highest BCUT2D eigenvalue weighted by molar-refractivity contribution is 5.95. The highest BCUT2D eigenvalue weighted by atomic mass is 19.4. The van der Waals surface area contributed by atoms with Gasteiger partial charge in [0, 0.05) is 11.8 Å². The summed E-state index contributed by atoms with van der Waals surface area (Å²) >= 11 is 0. The SMILES string of the molecule is O=C(O)c1cc(C(F)(F)F)cnc1-c1ccccc1OC(F)(F)F. The monoisotopic (exact) mass is 351 g/mol. The minimum Gasteiger partial charge on any atom is -0.478 e. The van der Waals surface area contributed by atoms with E-state index in [1.807, 2.05) is 0 Å². The second kappa shape index (κ2) is 6.02. The van der Waals surface area contributed by atoms with E-state index < -0.39 is 46.6 Å². The second-order valence-corrected chi connectivity index (χ2v) is 4.47. The summed E-state index contributed by atoms with van der Waals surface area (Å²) in [6, 6.07) is 4.71. The maximum absolute atomic E-state index is 12.7. The number of alkyl halides is 6. The second-order valence-electron chi connectivity index (χ2n) is 4.47. The number of para-hydroxylation sites is 1. The van der Waals surface area contributed by atoms with Crippen LogP contribution in [0, 0.1) is 0 Å². The van der Waals surface area contributed by atoms with E-state index in [2.05, 4.69) is 9.72 Å². The zero-order valence-electron chi connectivity index (χ0n) is 11.4. The van der Waals surface area contributed by atoms with Gasteiger partial charge >= 0.3 is 18.5 Å². The number of carboxylic acid groups (broad SMARTS) is 1. The maximum Gasteiger partial charge on any atom is 0.573 e. The molecule has 0 spiro atoms. The van der Waals surface area contributed by atoms with Crippen LogP contribution >= 0.6 is 0 Å². The molecule has 0 atom stereocenters. The van der Waals surface area contributed by atoms with Gasteiger partial charge in [-0.05, 0) is 18.2 Å². The first-order valence-electron chi connectivity index (χ1n) is 6.15. The zero-order chi connectivity index (χ0) is 18.1. The number of carboxylic acids is 1. The van der Waals surface area contributed by atoms with E-state index in [4.69, 9.17) is 5.11 Å². The van der Waals surface area contributed by atoms with Gasteiger partial charge in [-0.1, -0.05) is 12.1 Å². The van der Waals surface area contributed by atoms with Crippen molar-refractivity contribution in [1.29, 1.82) is 0 Å². The molecule has 10 heteroatoms. The van der Waals surface area contributed by atoms with E-state index in [0.29, 0.717) is 12.3 Å². The van der Waals surface area contributed by atoms with Crippen molar-refractivity contribution in [2.45, 2.75) is 12.5 Å². The standard InChI is InChI=1S/C14H7F6NO3/c15-13(16,17)7-5-9(12(22)23)11(21-6-7)8-3-1-2-4-10(8)24-14(18,19)20/h1-6H,(H,22,23). The number of hydrogen-bond donors (Lipinski definition) is 1. The summed E-state index contributed by atoms with van der Waals surface area (Å²) in [7, 11) is 0. The lowest BCUT2D eigenvalue weighted by atomic mass is 10.0. The Morgan fingerprint density at radius 1 is 1.08 bits per heavy atom. The highest BCUT2D eigenvalue weighted by Gasteiger charge is 2.35. The number of rotatable bonds is 3. The lowest BCUT2D eigenvalue weighted by molar-refractivity contribution is -0.274. The molecule has 0 aliphatic carbocycles. The summed E-state index contributed by atoms with van der Waals surface area (Å²) in [5.74, 6) is -2.55. The van der Waals surface area contributed by atoms with E-state index in [1.54, 1.807) is 0 Å². The van der Waals surface area contributed by atoms with Crippen LogP contribution in [0.25, 0.3) is 11.3 Å². The van der Waals surface area contributed by atoms with Gasteiger partial charge in [-0.15, -0.1) is 13.2 Å². The molecule has 1 aromatic heterocycles. The fourth-order valence-electron chi connectivity index (χ4n) is 1.87. The third-order valence-corrected chi connectivity index (χ3v) is 2.81. The van der Waals surface area contributed by atoms with Gasteiger partial charge < -0.3 is 9.84 Å². The van der Waals surface area contributed by atoms with E-state index in [1.165, 1.54) is 12.1 Å². The van der Waals surface area contributed by atoms with Crippen LogP contribution in [-0.4, -0.2) is 22.4 Å². The number of aromatic carboxylic acids is 1. The number of carbonyl (C=O) groups is 1. The minimum absolute atomic E-state index is 0.301. The van der Waals surface area contributed by atoms with Crippen molar-refractivity contribution >= 4 is 5.97 Å². The molecule has 0 aliphatic rings. The predicted molar refractivity (Wildman–Crippen MR) is 68.3 cm³/mol. The van der Waals surface area contributed by atoms with Gasteiger partial charge in [-0.2, -0.15) is 13.2 Å². The first-order chi connectivity index (χ1) is 11.0. The van der Waals surface area contributed by atoms with Crippen molar-refractivity contribution in [3.05, 3.63) is 47.7 Å². The Labute approximate surface area is 130 Å². The molecule has 0 radical (unpaired) electrons. The van der Waals surface area contributed by atoms with E-state index >= 15 is 0 Å². The van der Waals surface area contributed by atoms with Crippen molar-refractivity contribution in [2.75, 3.05) is 0 Å². The van der Waals surface area contributed by atoms with Crippen LogP contribution in [0.3, 0.4) is 0 Å². The van der Waals surface area contributed by atoms with Gasteiger partial charge in [-0.25, -0.2) is 4.79 Å². The van der Waals surface area contributed by atoms with Crippen molar-refractivity contribution in [1.82, 2.24) is 4.98 Å². The molecule has 2 rings (SSSR count). The Morgan fingerprint density at radius 3 is 2.25 bits per heavy atom. The molecule has 0 amide bonds. The Balaban J connectivity index is 2.63. The summed E-state index contributed by atoms with van der Waals surface area (Å²) in [5, 5.41) is 9.07. The summed E-state index contributed by atoms with van der Waals surface area (Å²) in [5.41, 5.74) is -3.21. The number of nitrogens with zero attached hydrogens (tertiary/aromatic N) is 1. The molecule has 0 aliphatic heterocycles. The Bertz CT molecular complexity index is 770. The fourth-order valence-corrected chi connectivity index (χ4v) is 1.87. The van der Waals surface area contributed by atoms with E-state index in [9.17, 15) is 31.1 Å². The lowest BCUT2D eigenvalue weighted by Gasteiger charge is -2.15. The Hall–Kier alpha value is -2.78. The van der Waals surface area contributed by atoms with Crippen LogP contribution in [0.1, 0.15) is 15.9 Å². The quantitative estimate of drug-likeness (QED) is 0.835. The van der Waals surface area contributed by atoms with Crippen LogP contribution in [0.15, 0.2) is 36.5 Å². The van der Waals surface area contributed by atoms with Gasteiger partial charge in [0.25, 0.3) is 0 Å². The largest absolute Gasteiger partial charge is 0.573 e. The average molecular weight is 351 g/mol. The number of halogens is 6. The molecule has 1 aromatic carbocycles. The van der Waals surface area contributed by atoms with Crippen LogP contribution < -0.4 is 4.74 Å². The zero-order valence-corrected chi connectivity index (χ0v) is 11.4. The van der Waals surface area contributed by atoms with Crippen molar-refractivity contribution in [3.63, 3.8) is 0 Å². The van der Waals surface area contributed by atoms with Gasteiger partial charge in [0.1, 0.15) is 5.75 Å². The summed E-state index contributed by atoms with van der Waals surface area (Å²) in [6.45, 7) is 0. The van der Waals surface area contributed by atoms with Gasteiger partial charge in [-0.3, -0.25) is 4.98 Å². The van der Waals surface area contributed by atoms with Crippen molar-refractivity contribution in [3.8, 4) is 17.0 Å². The first-order valence-corrected chi connectivity index (χ1v) is 6.15. The number of aromatic nitrogens is 1. The molecule has 2 aromatic rings. The number of hydrogen-bond acceptors (Lipinski definition) is 3. The third-order valence-electron chi connectivity index (χ3n) is 2.81. The molecule has 1 heterocycles. The summed E-state index contributed by atoms with van der Waals surface area (Å²) in [6.07, 6.45) is -9.57. The number of benzene rings is 1. The summed E-state index contributed by atoms with van der Waals surface area (Å²) in [4.78, 5) is 14.6. The topological polar surface area (TPSA) is 59.4 Å². The van der Waals surface area contributed by atoms with Crippen LogP contribution in [0.4, 0.5) is 26.3 Å². The van der Waals surface area contributed by atoms with Crippen LogP contribution in [0.2, 0.25) is 0 Å². The normalized spacial score (nSPS) is 12.1. The summed E-state index contributed by atoms with van der Waals surface area (Å²) < 4.78 is 79.0. The smallest absolute Gasteiger partial charge is 0.478 e. The highest BCUT2D eigenvalue weighted by Crippen LogP contribution is 2.36. The fraction of sp³-hybridized carbons (Fsp3) is 0.143. The van der Waals surface area contributed by atoms with Crippen molar-refractivity contribution in [2.24, 2.45) is 0 Å². The molecule has 0 saturated heterocycles. The molecular weight excluding hydrogens is 344 g/mol. The number of pyridine rings is 1. The molecule has 4 nitrogen and oxygen atoms in total. The molecule has 128 valence electrons. The lowest BCUT2D eigenvalue weighted by Crippen LogP contribution is -2.18. The molecule has 1 N–H and O–H groups in total. The molecule has 0 saturated carbocycles. The van der Waals surface area contributed by atoms with Gasteiger partial charge in [0.05, 0.1) is 16.8 Å². The number of ether oxygens (including phenoxy) is 1. The third kappa shape index (κ3) is 3.94. The predicted octanol–water partition coefficient (Wildman–Crippen LogP) is 4.36. The van der Waals surface area contributed by atoms with E-state index in [0.717, 1.165) is 12.1 Å². The van der Waals surface area contributed by atoms with E-state index in [-0.39, 0.29) is 0 Å². The van der Waals surface area contributed by atoms with Crippen molar-refractivity contribution < 1.29 is 41.0 Å². The minimum atomic E-state index is -5.06. The molecule has 0 unspecified atom stereocenters. The average Bonchev–Trinajstić information content (AvgIpc) is 2.44. The molecular formula is C14H7F6NO3. The molecule has 0 bridgehead atoms. The maximum atomic E-state index is 12.7. The Morgan fingerprint density at radius 2 is 1.71 bits per heavy atom. The van der Waals surface area contributed by atoms with Crippen LogP contribution in [-0.2, 0) is 6.18 Å². The first kappa shape index (κ1) is 17.6. The van der Waals surface area contributed by atoms with Crippen LogP contribution in [0.5, 0.6) is 5.75 Å². The van der Waals surface area contributed by atoms with Gasteiger partial charge in [0.15, 0.2) is 0 Å².